The lowest BCUT2D eigenvalue weighted by Gasteiger charge is -2.34. The molecule has 8 heteroatoms. The number of ether oxygens (including phenoxy) is 1. The third-order valence-corrected chi connectivity index (χ3v) is 8.71. The highest BCUT2D eigenvalue weighted by atomic mass is 32.1. The molecule has 6 nitrogen and oxygen atoms in total. The highest BCUT2D eigenvalue weighted by Gasteiger charge is 2.26. The first-order valence-electron chi connectivity index (χ1n) is 12.6. The van der Waals surface area contributed by atoms with E-state index >= 15 is 0 Å². The molecule has 0 atom stereocenters. The molecule has 0 spiro atoms. The summed E-state index contributed by atoms with van der Waals surface area (Å²) in [5, 5.41) is 0.924. The van der Waals surface area contributed by atoms with Crippen molar-refractivity contribution >= 4 is 33.9 Å². The summed E-state index contributed by atoms with van der Waals surface area (Å²) in [4.78, 5) is 24.1. The average Bonchev–Trinajstić information content (AvgIpc) is 3.57. The molecule has 1 saturated heterocycles. The van der Waals surface area contributed by atoms with Gasteiger partial charge in [0.1, 0.15) is 17.3 Å². The Balaban J connectivity index is 1.14. The number of aromatic nitrogens is 2. The standard InChI is InChI=1S/C29H32N4O2S2/c1-20-5-9-22(10-6-20)35-23-11-7-21(8-12-23)19-26-30-28(37-31-26)33-17-15-32(16-18-33)27(34)24-13-14-25(36-24)29(2,3)4/h5-14H,15-19H2,1-4H3. The van der Waals surface area contributed by atoms with Crippen molar-refractivity contribution in [1.29, 1.82) is 0 Å². The molecule has 1 amide bonds. The molecule has 2 aromatic carbocycles. The second kappa shape index (κ2) is 10.6. The van der Waals surface area contributed by atoms with Gasteiger partial charge in [-0.2, -0.15) is 4.37 Å². The van der Waals surface area contributed by atoms with Crippen LogP contribution in [0.4, 0.5) is 5.13 Å². The molecule has 1 fully saturated rings. The van der Waals surface area contributed by atoms with Crippen LogP contribution in [0.5, 0.6) is 11.5 Å². The molecule has 0 saturated carbocycles. The lowest BCUT2D eigenvalue weighted by Crippen LogP contribution is -2.48. The Morgan fingerprint density at radius 1 is 0.919 bits per heavy atom. The first-order valence-corrected chi connectivity index (χ1v) is 14.1. The quantitative estimate of drug-likeness (QED) is 0.282. The van der Waals surface area contributed by atoms with Gasteiger partial charge in [0.15, 0.2) is 0 Å². The molecule has 192 valence electrons. The van der Waals surface area contributed by atoms with Crippen molar-refractivity contribution in [2.45, 2.75) is 39.5 Å². The topological polar surface area (TPSA) is 58.6 Å². The van der Waals surface area contributed by atoms with Gasteiger partial charge in [-0.25, -0.2) is 4.98 Å². The molecule has 1 aliphatic heterocycles. The molecule has 3 heterocycles. The number of piperazine rings is 1. The van der Waals surface area contributed by atoms with Gasteiger partial charge < -0.3 is 14.5 Å². The molecule has 0 bridgehead atoms. The molecular formula is C29H32N4O2S2. The predicted molar refractivity (Wildman–Crippen MR) is 152 cm³/mol. The Morgan fingerprint density at radius 3 is 2.19 bits per heavy atom. The number of hydrogen-bond acceptors (Lipinski definition) is 7. The van der Waals surface area contributed by atoms with Gasteiger partial charge in [0.05, 0.1) is 4.88 Å². The Labute approximate surface area is 226 Å². The van der Waals surface area contributed by atoms with Gasteiger partial charge in [0.2, 0.25) is 5.13 Å². The van der Waals surface area contributed by atoms with Crippen LogP contribution in [0.25, 0.3) is 0 Å². The fraction of sp³-hybridized carbons (Fsp3) is 0.345. The van der Waals surface area contributed by atoms with E-state index in [-0.39, 0.29) is 11.3 Å². The number of carbonyl (C=O) groups is 1. The third-order valence-electron chi connectivity index (χ3n) is 6.39. The Kier molecular flexibility index (Phi) is 7.31. The van der Waals surface area contributed by atoms with Crippen LogP contribution >= 0.6 is 22.9 Å². The number of hydrogen-bond donors (Lipinski definition) is 0. The molecule has 0 aliphatic carbocycles. The number of thiophene rings is 1. The van der Waals surface area contributed by atoms with Crippen LogP contribution in [0.3, 0.4) is 0 Å². The van der Waals surface area contributed by atoms with Gasteiger partial charge in [-0.3, -0.25) is 4.79 Å². The summed E-state index contributed by atoms with van der Waals surface area (Å²) in [6.45, 7) is 11.5. The van der Waals surface area contributed by atoms with Crippen LogP contribution < -0.4 is 9.64 Å². The van der Waals surface area contributed by atoms with E-state index in [1.54, 1.807) is 11.3 Å². The van der Waals surface area contributed by atoms with E-state index in [9.17, 15) is 4.79 Å². The van der Waals surface area contributed by atoms with Gasteiger partial charge in [-0.05, 0) is 54.3 Å². The SMILES string of the molecule is Cc1ccc(Oc2ccc(Cc3nsc(N4CCN(C(=O)c5ccc(C(C)(C)C)s5)CC4)n3)cc2)cc1. The fourth-order valence-corrected chi connectivity index (χ4v) is 5.93. The number of benzene rings is 2. The number of carbonyl (C=O) groups excluding carboxylic acids is 1. The minimum atomic E-state index is 0.0642. The lowest BCUT2D eigenvalue weighted by atomic mass is 9.95. The lowest BCUT2D eigenvalue weighted by molar-refractivity contribution is 0.0751. The van der Waals surface area contributed by atoms with Crippen molar-refractivity contribution in [3.63, 3.8) is 0 Å². The van der Waals surface area contributed by atoms with Gasteiger partial charge >= 0.3 is 0 Å². The number of amides is 1. The number of anilines is 1. The summed E-state index contributed by atoms with van der Waals surface area (Å²) in [5.74, 6) is 2.59. The Morgan fingerprint density at radius 2 is 1.57 bits per heavy atom. The minimum Gasteiger partial charge on any atom is -0.457 e. The molecule has 4 aromatic rings. The summed E-state index contributed by atoms with van der Waals surface area (Å²) in [7, 11) is 0. The van der Waals surface area contributed by atoms with Gasteiger partial charge in [0, 0.05) is 49.0 Å². The Hall–Kier alpha value is -3.23. The maximum atomic E-state index is 13.0. The van der Waals surface area contributed by atoms with Gasteiger partial charge in [0.25, 0.3) is 5.91 Å². The molecule has 1 aliphatic rings. The largest absolute Gasteiger partial charge is 0.457 e. The van der Waals surface area contributed by atoms with Crippen LogP contribution in [0.15, 0.2) is 60.7 Å². The van der Waals surface area contributed by atoms with Crippen molar-refractivity contribution in [1.82, 2.24) is 14.3 Å². The number of rotatable bonds is 6. The van der Waals surface area contributed by atoms with E-state index in [2.05, 4.69) is 55.2 Å². The molecule has 2 aromatic heterocycles. The summed E-state index contributed by atoms with van der Waals surface area (Å²) in [5.41, 5.74) is 2.41. The van der Waals surface area contributed by atoms with E-state index in [0.29, 0.717) is 19.5 Å². The summed E-state index contributed by atoms with van der Waals surface area (Å²) < 4.78 is 10.5. The van der Waals surface area contributed by atoms with E-state index < -0.39 is 0 Å². The van der Waals surface area contributed by atoms with E-state index in [1.807, 2.05) is 47.4 Å². The van der Waals surface area contributed by atoms with E-state index in [0.717, 1.165) is 46.0 Å². The highest BCUT2D eigenvalue weighted by molar-refractivity contribution is 7.14. The average molecular weight is 533 g/mol. The maximum absolute atomic E-state index is 13.0. The molecule has 37 heavy (non-hydrogen) atoms. The van der Waals surface area contributed by atoms with Crippen LogP contribution in [0.1, 0.15) is 52.3 Å². The fourth-order valence-electron chi connectivity index (χ4n) is 4.16. The van der Waals surface area contributed by atoms with Gasteiger partial charge in [-0.1, -0.05) is 50.6 Å². The maximum Gasteiger partial charge on any atom is 0.264 e. The Bertz CT molecular complexity index is 1350. The zero-order chi connectivity index (χ0) is 26.0. The van der Waals surface area contributed by atoms with E-state index in [1.165, 1.54) is 22.0 Å². The summed E-state index contributed by atoms with van der Waals surface area (Å²) in [6.07, 6.45) is 0.675. The summed E-state index contributed by atoms with van der Waals surface area (Å²) >= 11 is 3.04. The highest BCUT2D eigenvalue weighted by Crippen LogP contribution is 2.30. The number of nitrogens with zero attached hydrogens (tertiary/aromatic N) is 4. The molecule has 0 unspecified atom stereocenters. The second-order valence-electron chi connectivity index (χ2n) is 10.4. The van der Waals surface area contributed by atoms with Gasteiger partial charge in [-0.15, -0.1) is 11.3 Å². The van der Waals surface area contributed by atoms with Crippen LogP contribution in [-0.4, -0.2) is 46.3 Å². The summed E-state index contributed by atoms with van der Waals surface area (Å²) in [6, 6.07) is 20.2. The van der Waals surface area contributed by atoms with Crippen LogP contribution in [0, 0.1) is 6.92 Å². The van der Waals surface area contributed by atoms with Crippen molar-refractivity contribution in [2.75, 3.05) is 31.1 Å². The van der Waals surface area contributed by atoms with Crippen LogP contribution in [-0.2, 0) is 11.8 Å². The molecule has 0 N–H and O–H groups in total. The number of aryl methyl sites for hydroxylation is 1. The molecule has 5 rings (SSSR count). The predicted octanol–water partition coefficient (Wildman–Crippen LogP) is 6.55. The smallest absolute Gasteiger partial charge is 0.264 e. The zero-order valence-corrected chi connectivity index (χ0v) is 23.4. The van der Waals surface area contributed by atoms with Crippen molar-refractivity contribution < 1.29 is 9.53 Å². The second-order valence-corrected chi connectivity index (χ2v) is 12.2. The minimum absolute atomic E-state index is 0.0642. The van der Waals surface area contributed by atoms with Crippen molar-refractivity contribution in [3.05, 3.63) is 87.4 Å². The first-order chi connectivity index (χ1) is 17.7. The zero-order valence-electron chi connectivity index (χ0n) is 21.7. The first kappa shape index (κ1) is 25.4. The normalized spacial score (nSPS) is 14.2. The molecule has 0 radical (unpaired) electrons. The van der Waals surface area contributed by atoms with E-state index in [4.69, 9.17) is 9.72 Å². The van der Waals surface area contributed by atoms with Crippen LogP contribution in [0.2, 0.25) is 0 Å². The molecular weight excluding hydrogens is 500 g/mol. The monoisotopic (exact) mass is 532 g/mol. The third kappa shape index (κ3) is 6.19. The van der Waals surface area contributed by atoms with Crippen molar-refractivity contribution in [2.24, 2.45) is 0 Å². The van der Waals surface area contributed by atoms with Crippen molar-refractivity contribution in [3.8, 4) is 11.5 Å².